The summed E-state index contributed by atoms with van der Waals surface area (Å²) in [5.41, 5.74) is 5.11. The van der Waals surface area contributed by atoms with E-state index in [9.17, 15) is 19.8 Å². The van der Waals surface area contributed by atoms with E-state index >= 15 is 0 Å². The zero-order valence-electron chi connectivity index (χ0n) is 9.31. The molecule has 0 bridgehead atoms. The van der Waals surface area contributed by atoms with Crippen molar-refractivity contribution in [3.05, 3.63) is 29.8 Å². The molecule has 0 aliphatic rings. The van der Waals surface area contributed by atoms with Crippen LogP contribution in [-0.2, 0) is 9.59 Å². The van der Waals surface area contributed by atoms with Gasteiger partial charge in [0.15, 0.2) is 12.7 Å². The maximum Gasteiger partial charge on any atom is 0.341 e. The number of aliphatic carboxylic acids is 1. The van der Waals surface area contributed by atoms with Gasteiger partial charge in [0.25, 0.3) is 0 Å². The highest BCUT2D eigenvalue weighted by Crippen LogP contribution is 2.20. The van der Waals surface area contributed by atoms with Gasteiger partial charge in [-0.3, -0.25) is 4.79 Å². The summed E-state index contributed by atoms with van der Waals surface area (Å²) in [7, 11) is 0. The molecule has 0 saturated heterocycles. The molecule has 0 saturated carbocycles. The Morgan fingerprint density at radius 2 is 1.78 bits per heavy atom. The average molecular weight is 255 g/mol. The van der Waals surface area contributed by atoms with Gasteiger partial charge in [-0.25, -0.2) is 4.79 Å². The summed E-state index contributed by atoms with van der Waals surface area (Å²) in [6.07, 6.45) is -3.13. The molecule has 1 aromatic carbocycles. The van der Waals surface area contributed by atoms with Gasteiger partial charge >= 0.3 is 5.97 Å². The van der Waals surface area contributed by atoms with Crippen LogP contribution < -0.4 is 10.5 Å². The molecule has 0 aliphatic heterocycles. The number of rotatable bonds is 6. The fourth-order valence-corrected chi connectivity index (χ4v) is 1.24. The van der Waals surface area contributed by atoms with Crippen LogP contribution in [-0.4, -0.2) is 39.9 Å². The number of aliphatic hydroxyl groups is 2. The van der Waals surface area contributed by atoms with Gasteiger partial charge in [0.05, 0.1) is 0 Å². The number of primary amides is 1. The summed E-state index contributed by atoms with van der Waals surface area (Å²) >= 11 is 0. The molecular formula is C11H13NO6. The fraction of sp³-hybridized carbons (Fsp3) is 0.273. The summed E-state index contributed by atoms with van der Waals surface area (Å²) in [6, 6.07) is 5.62. The highest BCUT2D eigenvalue weighted by atomic mass is 16.5. The molecule has 0 heterocycles. The van der Waals surface area contributed by atoms with Crippen molar-refractivity contribution in [2.75, 3.05) is 6.61 Å². The fourth-order valence-electron chi connectivity index (χ4n) is 1.24. The van der Waals surface area contributed by atoms with Crippen LogP contribution in [0.3, 0.4) is 0 Å². The average Bonchev–Trinajstić information content (AvgIpc) is 2.35. The van der Waals surface area contributed by atoms with E-state index in [0.29, 0.717) is 5.75 Å². The van der Waals surface area contributed by atoms with Crippen molar-refractivity contribution in [3.63, 3.8) is 0 Å². The lowest BCUT2D eigenvalue weighted by Crippen LogP contribution is -2.33. The lowest BCUT2D eigenvalue weighted by Gasteiger charge is -2.15. The number of hydrogen-bond donors (Lipinski definition) is 4. The summed E-state index contributed by atoms with van der Waals surface area (Å²) in [5, 5.41) is 27.2. The number of hydrogen-bond acceptors (Lipinski definition) is 5. The van der Waals surface area contributed by atoms with Gasteiger partial charge in [0, 0.05) is 0 Å². The van der Waals surface area contributed by atoms with E-state index in [1.165, 1.54) is 24.3 Å². The SMILES string of the molecule is NC(=O)C(O)C(O)c1ccc(OCC(=O)O)cc1. The Morgan fingerprint density at radius 1 is 1.22 bits per heavy atom. The Kier molecular flexibility index (Phi) is 4.64. The highest BCUT2D eigenvalue weighted by molar-refractivity contribution is 5.79. The molecule has 1 amide bonds. The maximum absolute atomic E-state index is 10.7. The van der Waals surface area contributed by atoms with Crippen LogP contribution in [0, 0.1) is 0 Å². The lowest BCUT2D eigenvalue weighted by molar-refractivity contribution is -0.139. The van der Waals surface area contributed by atoms with Crippen molar-refractivity contribution in [1.29, 1.82) is 0 Å². The van der Waals surface area contributed by atoms with E-state index in [1.807, 2.05) is 0 Å². The monoisotopic (exact) mass is 255 g/mol. The van der Waals surface area contributed by atoms with E-state index in [0.717, 1.165) is 0 Å². The van der Waals surface area contributed by atoms with Gasteiger partial charge in [-0.2, -0.15) is 0 Å². The first-order valence-electron chi connectivity index (χ1n) is 5.02. The summed E-state index contributed by atoms with van der Waals surface area (Å²) in [4.78, 5) is 20.9. The van der Waals surface area contributed by atoms with Crippen molar-refractivity contribution in [3.8, 4) is 5.75 Å². The van der Waals surface area contributed by atoms with Gasteiger partial charge in [-0.15, -0.1) is 0 Å². The largest absolute Gasteiger partial charge is 0.482 e. The van der Waals surface area contributed by atoms with E-state index in [1.54, 1.807) is 0 Å². The third-order valence-electron chi connectivity index (χ3n) is 2.17. The molecule has 5 N–H and O–H groups in total. The Balaban J connectivity index is 2.70. The van der Waals surface area contributed by atoms with Crippen LogP contribution in [0.15, 0.2) is 24.3 Å². The molecular weight excluding hydrogens is 242 g/mol. The smallest absolute Gasteiger partial charge is 0.341 e. The summed E-state index contributed by atoms with van der Waals surface area (Å²) in [6.45, 7) is -0.480. The van der Waals surface area contributed by atoms with Crippen molar-refractivity contribution >= 4 is 11.9 Å². The standard InChI is InChI=1S/C11H13NO6/c12-11(17)10(16)9(15)6-1-3-7(4-2-6)18-5-8(13)14/h1-4,9-10,15-16H,5H2,(H2,12,17)(H,13,14). The van der Waals surface area contributed by atoms with Gasteiger partial charge in [-0.1, -0.05) is 12.1 Å². The first-order chi connectivity index (χ1) is 8.41. The molecule has 98 valence electrons. The van der Waals surface area contributed by atoms with Gasteiger partial charge in [-0.05, 0) is 17.7 Å². The zero-order valence-corrected chi connectivity index (χ0v) is 9.31. The van der Waals surface area contributed by atoms with Crippen molar-refractivity contribution in [2.24, 2.45) is 5.73 Å². The molecule has 1 aromatic rings. The third-order valence-corrected chi connectivity index (χ3v) is 2.17. The first-order valence-corrected chi connectivity index (χ1v) is 5.02. The number of carboxylic acids is 1. The van der Waals surface area contributed by atoms with Crippen LogP contribution in [0.4, 0.5) is 0 Å². The molecule has 0 radical (unpaired) electrons. The summed E-state index contributed by atoms with van der Waals surface area (Å²) in [5.74, 6) is -1.85. The predicted molar refractivity (Wildman–Crippen MR) is 59.7 cm³/mol. The Bertz CT molecular complexity index is 430. The Morgan fingerprint density at radius 3 is 2.22 bits per heavy atom. The highest BCUT2D eigenvalue weighted by Gasteiger charge is 2.23. The second-order valence-electron chi connectivity index (χ2n) is 3.54. The van der Waals surface area contributed by atoms with Crippen LogP contribution in [0.1, 0.15) is 11.7 Å². The molecule has 0 aliphatic carbocycles. The second-order valence-corrected chi connectivity index (χ2v) is 3.54. The van der Waals surface area contributed by atoms with Crippen molar-refractivity contribution < 1.29 is 29.6 Å². The molecule has 0 aromatic heterocycles. The number of amides is 1. The normalized spacial score (nSPS) is 13.7. The Hall–Kier alpha value is -2.12. The number of benzene rings is 1. The molecule has 0 fully saturated rings. The van der Waals surface area contributed by atoms with E-state index in [2.05, 4.69) is 0 Å². The molecule has 2 atom stereocenters. The van der Waals surface area contributed by atoms with Gasteiger partial charge < -0.3 is 25.8 Å². The third kappa shape index (κ3) is 3.72. The van der Waals surface area contributed by atoms with E-state index in [-0.39, 0.29) is 5.56 Å². The Labute approximate surface area is 102 Å². The predicted octanol–water partition coefficient (Wildman–Crippen LogP) is -0.970. The molecule has 7 nitrogen and oxygen atoms in total. The number of carboxylic acid groups (broad SMARTS) is 1. The molecule has 0 spiro atoms. The van der Waals surface area contributed by atoms with Crippen LogP contribution in [0.5, 0.6) is 5.75 Å². The molecule has 18 heavy (non-hydrogen) atoms. The number of nitrogens with two attached hydrogens (primary N) is 1. The minimum atomic E-state index is -1.70. The zero-order chi connectivity index (χ0) is 13.7. The number of carbonyl (C=O) groups excluding carboxylic acids is 1. The van der Waals surface area contributed by atoms with Crippen molar-refractivity contribution in [2.45, 2.75) is 12.2 Å². The summed E-state index contributed by atoms with van der Waals surface area (Å²) < 4.78 is 4.87. The minimum Gasteiger partial charge on any atom is -0.482 e. The van der Waals surface area contributed by atoms with Crippen molar-refractivity contribution in [1.82, 2.24) is 0 Å². The maximum atomic E-state index is 10.7. The van der Waals surface area contributed by atoms with Crippen LogP contribution >= 0.6 is 0 Å². The van der Waals surface area contributed by atoms with Crippen LogP contribution in [0.2, 0.25) is 0 Å². The first kappa shape index (κ1) is 13.9. The molecule has 1 rings (SSSR count). The minimum absolute atomic E-state index is 0.268. The lowest BCUT2D eigenvalue weighted by atomic mass is 10.0. The number of aliphatic hydroxyl groups excluding tert-OH is 2. The van der Waals surface area contributed by atoms with Gasteiger partial charge in [0.1, 0.15) is 11.9 Å². The van der Waals surface area contributed by atoms with Crippen LogP contribution in [0.25, 0.3) is 0 Å². The van der Waals surface area contributed by atoms with Gasteiger partial charge in [0.2, 0.25) is 5.91 Å². The quantitative estimate of drug-likeness (QED) is 0.517. The second kappa shape index (κ2) is 5.99. The topological polar surface area (TPSA) is 130 Å². The number of carbonyl (C=O) groups is 2. The molecule has 2 unspecified atom stereocenters. The van der Waals surface area contributed by atoms with E-state index < -0.39 is 30.7 Å². The molecule has 7 heteroatoms. The van der Waals surface area contributed by atoms with E-state index in [4.69, 9.17) is 15.6 Å². The number of ether oxygens (including phenoxy) is 1.